The first-order chi connectivity index (χ1) is 8.08. The molecule has 0 saturated heterocycles. The number of nitrogens with zero attached hydrogens (tertiary/aromatic N) is 1. The number of ether oxygens (including phenoxy) is 1. The van der Waals surface area contributed by atoms with Gasteiger partial charge in [-0.2, -0.15) is 0 Å². The summed E-state index contributed by atoms with van der Waals surface area (Å²) >= 11 is 0. The van der Waals surface area contributed by atoms with Gasteiger partial charge in [-0.05, 0) is 25.0 Å². The Hall–Kier alpha value is -1.29. The van der Waals surface area contributed by atoms with Crippen LogP contribution in [0.25, 0.3) is 0 Å². The van der Waals surface area contributed by atoms with Crippen LogP contribution in [-0.4, -0.2) is 17.6 Å². The first-order valence-corrected chi connectivity index (χ1v) is 6.12. The molecule has 4 heteroatoms. The van der Waals surface area contributed by atoms with E-state index in [-0.39, 0.29) is 11.5 Å². The molecule has 1 saturated carbocycles. The molecule has 0 aliphatic heterocycles. The molecule has 0 unspecified atom stereocenters. The maximum Gasteiger partial charge on any atom is 0.354 e. The fourth-order valence-corrected chi connectivity index (χ4v) is 2.76. The number of hydrogen-bond donors (Lipinski definition) is 1. The average molecular weight is 236 g/mol. The monoisotopic (exact) mass is 236 g/mol. The number of hydrogen-bond acceptors (Lipinski definition) is 3. The summed E-state index contributed by atoms with van der Waals surface area (Å²) < 4.78 is 6.62. The Morgan fingerprint density at radius 2 is 2.00 bits per heavy atom. The van der Waals surface area contributed by atoms with Crippen LogP contribution in [0.15, 0.2) is 12.1 Å². The van der Waals surface area contributed by atoms with Gasteiger partial charge in [0.05, 0.1) is 12.6 Å². The molecule has 4 nitrogen and oxygen atoms in total. The lowest BCUT2D eigenvalue weighted by atomic mass is 9.80. The summed E-state index contributed by atoms with van der Waals surface area (Å²) in [6, 6.07) is 3.75. The van der Waals surface area contributed by atoms with E-state index in [9.17, 15) is 4.79 Å². The molecule has 2 rings (SSSR count). The van der Waals surface area contributed by atoms with Crippen LogP contribution in [0.4, 0.5) is 0 Å². The van der Waals surface area contributed by atoms with Gasteiger partial charge < -0.3 is 15.0 Å². The van der Waals surface area contributed by atoms with Gasteiger partial charge in [-0.15, -0.1) is 0 Å². The molecule has 0 radical (unpaired) electrons. The number of rotatable bonds is 2. The number of esters is 1. The molecule has 2 N–H and O–H groups in total. The number of aromatic nitrogens is 1. The lowest BCUT2D eigenvalue weighted by molar-refractivity contribution is 0.0589. The van der Waals surface area contributed by atoms with Crippen LogP contribution < -0.4 is 5.73 Å². The van der Waals surface area contributed by atoms with E-state index in [1.54, 1.807) is 6.07 Å². The van der Waals surface area contributed by atoms with E-state index in [1.165, 1.54) is 13.5 Å². The standard InChI is InChI=1S/C13H20N2O2/c1-15-10(12(16)17-2)6-7-11(15)13(14)8-4-3-5-9-13/h6-7H,3-5,8-9,14H2,1-2H3. The highest BCUT2D eigenvalue weighted by molar-refractivity contribution is 5.87. The van der Waals surface area contributed by atoms with E-state index in [0.717, 1.165) is 31.4 Å². The third kappa shape index (κ3) is 2.09. The van der Waals surface area contributed by atoms with Gasteiger partial charge in [0.2, 0.25) is 0 Å². The van der Waals surface area contributed by atoms with Crippen molar-refractivity contribution in [1.29, 1.82) is 0 Å². The largest absolute Gasteiger partial charge is 0.464 e. The fourth-order valence-electron chi connectivity index (χ4n) is 2.76. The smallest absolute Gasteiger partial charge is 0.354 e. The van der Waals surface area contributed by atoms with Crippen molar-refractivity contribution in [3.05, 3.63) is 23.5 Å². The van der Waals surface area contributed by atoms with Gasteiger partial charge in [0.1, 0.15) is 5.69 Å². The van der Waals surface area contributed by atoms with E-state index in [2.05, 4.69) is 0 Å². The molecule has 1 aliphatic carbocycles. The van der Waals surface area contributed by atoms with Crippen molar-refractivity contribution in [3.63, 3.8) is 0 Å². The van der Waals surface area contributed by atoms with Crippen LogP contribution in [0, 0.1) is 0 Å². The van der Waals surface area contributed by atoms with E-state index < -0.39 is 0 Å². The second kappa shape index (κ2) is 4.53. The fraction of sp³-hybridized carbons (Fsp3) is 0.615. The highest BCUT2D eigenvalue weighted by Gasteiger charge is 2.32. The molecular formula is C13H20N2O2. The predicted octanol–water partition coefficient (Wildman–Crippen LogP) is 1.93. The quantitative estimate of drug-likeness (QED) is 0.798. The van der Waals surface area contributed by atoms with Gasteiger partial charge in [0.25, 0.3) is 0 Å². The second-order valence-corrected chi connectivity index (χ2v) is 4.87. The minimum atomic E-state index is -0.307. The van der Waals surface area contributed by atoms with Crippen molar-refractivity contribution in [1.82, 2.24) is 4.57 Å². The second-order valence-electron chi connectivity index (χ2n) is 4.87. The summed E-state index contributed by atoms with van der Waals surface area (Å²) in [4.78, 5) is 11.6. The topological polar surface area (TPSA) is 57.2 Å². The summed E-state index contributed by atoms with van der Waals surface area (Å²) in [6.07, 6.45) is 5.56. The summed E-state index contributed by atoms with van der Waals surface area (Å²) in [7, 11) is 3.28. The van der Waals surface area contributed by atoms with Crippen LogP contribution in [0.1, 0.15) is 48.3 Å². The molecular weight excluding hydrogens is 216 g/mol. The van der Waals surface area contributed by atoms with Crippen LogP contribution in [0.3, 0.4) is 0 Å². The van der Waals surface area contributed by atoms with Gasteiger partial charge in [0.15, 0.2) is 0 Å². The van der Waals surface area contributed by atoms with Gasteiger partial charge in [0, 0.05) is 12.7 Å². The summed E-state index contributed by atoms with van der Waals surface area (Å²) in [6.45, 7) is 0. The van der Waals surface area contributed by atoms with Gasteiger partial charge in [-0.1, -0.05) is 19.3 Å². The van der Waals surface area contributed by atoms with E-state index in [0.29, 0.717) is 5.69 Å². The predicted molar refractivity (Wildman–Crippen MR) is 65.7 cm³/mol. The highest BCUT2D eigenvalue weighted by atomic mass is 16.5. The van der Waals surface area contributed by atoms with Crippen LogP contribution in [-0.2, 0) is 17.3 Å². The van der Waals surface area contributed by atoms with Gasteiger partial charge in [-0.25, -0.2) is 4.79 Å². The zero-order valence-corrected chi connectivity index (χ0v) is 10.5. The normalized spacial score (nSPS) is 19.0. The molecule has 94 valence electrons. The Balaban J connectivity index is 2.33. The third-order valence-corrected chi connectivity index (χ3v) is 3.77. The lowest BCUT2D eigenvalue weighted by Crippen LogP contribution is -2.40. The number of methoxy groups -OCH3 is 1. The number of nitrogens with two attached hydrogens (primary N) is 1. The van der Waals surface area contributed by atoms with Crippen LogP contribution in [0.2, 0.25) is 0 Å². The zero-order valence-electron chi connectivity index (χ0n) is 10.5. The van der Waals surface area contributed by atoms with Crippen molar-refractivity contribution in [2.75, 3.05) is 7.11 Å². The number of carbonyl (C=O) groups excluding carboxylic acids is 1. The SMILES string of the molecule is COC(=O)c1ccc(C2(N)CCCCC2)n1C. The highest BCUT2D eigenvalue weighted by Crippen LogP contribution is 2.35. The first kappa shape index (κ1) is 12.2. The Kier molecular flexibility index (Phi) is 3.24. The molecule has 0 bridgehead atoms. The van der Waals surface area contributed by atoms with Crippen molar-refractivity contribution in [2.45, 2.75) is 37.6 Å². The van der Waals surface area contributed by atoms with Crippen molar-refractivity contribution in [3.8, 4) is 0 Å². The zero-order chi connectivity index (χ0) is 12.5. The van der Waals surface area contributed by atoms with Crippen molar-refractivity contribution in [2.24, 2.45) is 12.8 Å². The van der Waals surface area contributed by atoms with Crippen LogP contribution >= 0.6 is 0 Å². The summed E-state index contributed by atoms with van der Waals surface area (Å²) in [5, 5.41) is 0. The Bertz CT molecular complexity index is 417. The van der Waals surface area contributed by atoms with E-state index in [4.69, 9.17) is 10.5 Å². The summed E-state index contributed by atoms with van der Waals surface area (Å²) in [5.41, 5.74) is 7.79. The Morgan fingerprint density at radius 3 is 2.59 bits per heavy atom. The molecule has 0 spiro atoms. The molecule has 1 aliphatic rings. The molecule has 1 fully saturated rings. The van der Waals surface area contributed by atoms with Gasteiger partial charge >= 0.3 is 5.97 Å². The molecule has 1 aromatic rings. The molecule has 1 aromatic heterocycles. The molecule has 0 atom stereocenters. The van der Waals surface area contributed by atoms with E-state index >= 15 is 0 Å². The van der Waals surface area contributed by atoms with Gasteiger partial charge in [-0.3, -0.25) is 0 Å². The first-order valence-electron chi connectivity index (χ1n) is 6.12. The Labute approximate surface area is 102 Å². The molecule has 1 heterocycles. The van der Waals surface area contributed by atoms with Crippen LogP contribution in [0.5, 0.6) is 0 Å². The summed E-state index contributed by atoms with van der Waals surface area (Å²) in [5.74, 6) is -0.307. The molecule has 0 amide bonds. The third-order valence-electron chi connectivity index (χ3n) is 3.77. The average Bonchev–Trinajstić information content (AvgIpc) is 2.72. The molecule has 0 aromatic carbocycles. The maximum atomic E-state index is 11.6. The van der Waals surface area contributed by atoms with E-state index in [1.807, 2.05) is 17.7 Å². The lowest BCUT2D eigenvalue weighted by Gasteiger charge is -2.34. The Morgan fingerprint density at radius 1 is 1.35 bits per heavy atom. The molecule has 17 heavy (non-hydrogen) atoms. The van der Waals surface area contributed by atoms with Crippen molar-refractivity contribution >= 4 is 5.97 Å². The van der Waals surface area contributed by atoms with Crippen molar-refractivity contribution < 1.29 is 9.53 Å². The minimum Gasteiger partial charge on any atom is -0.464 e. The minimum absolute atomic E-state index is 0.279. The maximum absolute atomic E-state index is 11.6. The number of carbonyl (C=O) groups is 1.